The highest BCUT2D eigenvalue weighted by molar-refractivity contribution is 7.58. The number of para-hydroxylation sites is 2. The van der Waals surface area contributed by atoms with E-state index in [0.717, 1.165) is 32.3 Å². The van der Waals surface area contributed by atoms with Gasteiger partial charge < -0.3 is 13.8 Å². The van der Waals surface area contributed by atoms with Crippen LogP contribution in [0.2, 0.25) is 0 Å². The van der Waals surface area contributed by atoms with Crippen molar-refractivity contribution in [2.24, 2.45) is 0 Å². The molecule has 1 aliphatic heterocycles. The molecule has 4 rings (SSSR count). The van der Waals surface area contributed by atoms with Crippen LogP contribution in [0.3, 0.4) is 0 Å². The molecule has 0 spiro atoms. The van der Waals surface area contributed by atoms with Crippen LogP contribution in [0.15, 0.2) is 41.7 Å². The van der Waals surface area contributed by atoms with E-state index in [4.69, 9.17) is 18.8 Å². The van der Waals surface area contributed by atoms with Crippen molar-refractivity contribution < 1.29 is 18.3 Å². The van der Waals surface area contributed by atoms with E-state index in [1.807, 2.05) is 24.3 Å². The molecule has 27 heavy (non-hydrogen) atoms. The van der Waals surface area contributed by atoms with Crippen LogP contribution in [-0.2, 0) is 18.3 Å². The van der Waals surface area contributed by atoms with Crippen molar-refractivity contribution in [2.75, 3.05) is 19.8 Å². The van der Waals surface area contributed by atoms with Crippen LogP contribution >= 0.6 is 18.9 Å². The van der Waals surface area contributed by atoms with Gasteiger partial charge in [0, 0.05) is 5.69 Å². The van der Waals surface area contributed by atoms with E-state index in [2.05, 4.69) is 17.4 Å². The maximum Gasteiger partial charge on any atom is 0.360 e. The van der Waals surface area contributed by atoms with Gasteiger partial charge in [-0.1, -0.05) is 23.5 Å². The lowest BCUT2D eigenvalue weighted by molar-refractivity contribution is 0.218. The lowest BCUT2D eigenvalue weighted by Crippen LogP contribution is -2.07. The molecule has 0 radical (unpaired) electrons. The molecule has 3 aromatic rings. The van der Waals surface area contributed by atoms with Crippen LogP contribution in [-0.4, -0.2) is 29.2 Å². The minimum Gasteiger partial charge on any atom is -0.487 e. The number of imidazole rings is 1. The number of hydrogen-bond donors (Lipinski definition) is 0. The molecule has 1 aromatic carbocycles. The second-order valence-electron chi connectivity index (χ2n) is 6.05. The quantitative estimate of drug-likeness (QED) is 0.516. The highest BCUT2D eigenvalue weighted by Crippen LogP contribution is 2.57. The Labute approximate surface area is 161 Å². The molecule has 2 aromatic heterocycles. The molecular weight excluding hydrogens is 383 g/mol. The fraction of sp³-hybridized carbons (Fsp3) is 0.316. The van der Waals surface area contributed by atoms with Crippen LogP contribution in [0.1, 0.15) is 24.4 Å². The fourth-order valence-corrected chi connectivity index (χ4v) is 5.85. The summed E-state index contributed by atoms with van der Waals surface area (Å²) in [6.45, 7) is 6.47. The summed E-state index contributed by atoms with van der Waals surface area (Å²) < 4.78 is 31.8. The number of allylic oxidation sites excluding steroid dienone is 2. The molecule has 0 fully saturated rings. The largest absolute Gasteiger partial charge is 0.487 e. The van der Waals surface area contributed by atoms with Gasteiger partial charge in [0.15, 0.2) is 4.96 Å². The second-order valence-corrected chi connectivity index (χ2v) is 9.11. The van der Waals surface area contributed by atoms with Crippen molar-refractivity contribution in [3.63, 3.8) is 0 Å². The highest BCUT2D eigenvalue weighted by Gasteiger charge is 2.32. The predicted octanol–water partition coefficient (Wildman–Crippen LogP) is 5.38. The summed E-state index contributed by atoms with van der Waals surface area (Å²) in [6.07, 6.45) is 3.63. The highest BCUT2D eigenvalue weighted by atomic mass is 32.1. The number of thiazole rings is 1. The third-order valence-corrected chi connectivity index (χ3v) is 7.70. The molecule has 8 heteroatoms. The van der Waals surface area contributed by atoms with Gasteiger partial charge in [0.05, 0.1) is 34.4 Å². The Kier molecular flexibility index (Phi) is 4.95. The van der Waals surface area contributed by atoms with E-state index >= 15 is 0 Å². The zero-order chi connectivity index (χ0) is 19.0. The van der Waals surface area contributed by atoms with Crippen LogP contribution in [0.4, 0.5) is 0 Å². The summed E-state index contributed by atoms with van der Waals surface area (Å²) in [6, 6.07) is 8.08. The molecule has 0 saturated heterocycles. The van der Waals surface area contributed by atoms with Gasteiger partial charge in [-0.05, 0) is 45.1 Å². The molecule has 1 aliphatic rings. The topological polar surface area (TPSA) is 62.1 Å². The summed E-state index contributed by atoms with van der Waals surface area (Å²) in [5.74, 6) is 0.746. The minimum atomic E-state index is -3.30. The lowest BCUT2D eigenvalue weighted by Gasteiger charge is -2.23. The maximum atomic E-state index is 12.9. The van der Waals surface area contributed by atoms with Crippen molar-refractivity contribution >= 4 is 40.7 Å². The van der Waals surface area contributed by atoms with Gasteiger partial charge in [-0.15, -0.1) is 0 Å². The summed E-state index contributed by atoms with van der Waals surface area (Å²) in [7, 11) is -3.30. The number of aromatic nitrogens is 2. The van der Waals surface area contributed by atoms with E-state index < -0.39 is 7.60 Å². The normalized spacial score (nSPS) is 15.1. The lowest BCUT2D eigenvalue weighted by atomic mass is 10.2. The van der Waals surface area contributed by atoms with E-state index in [1.165, 1.54) is 0 Å². The summed E-state index contributed by atoms with van der Waals surface area (Å²) in [4.78, 5) is 6.64. The Bertz CT molecular complexity index is 1100. The van der Waals surface area contributed by atoms with Gasteiger partial charge in [0.25, 0.3) is 0 Å². The minimum absolute atomic E-state index is 0.184. The van der Waals surface area contributed by atoms with E-state index in [0.29, 0.717) is 18.5 Å². The Balaban J connectivity index is 1.72. The average Bonchev–Trinajstić information content (AvgIpc) is 3.19. The zero-order valence-electron chi connectivity index (χ0n) is 15.5. The number of ether oxygens (including phenoxy) is 1. The summed E-state index contributed by atoms with van der Waals surface area (Å²) in [5, 5.41) is 0.541. The van der Waals surface area contributed by atoms with Crippen molar-refractivity contribution in [1.29, 1.82) is 0 Å². The zero-order valence-corrected chi connectivity index (χ0v) is 17.2. The first-order valence-electron chi connectivity index (χ1n) is 8.87. The molecule has 0 saturated carbocycles. The number of nitrogens with zero attached hydrogens (tertiary/aromatic N) is 2. The summed E-state index contributed by atoms with van der Waals surface area (Å²) in [5.41, 5.74) is 3.13. The fourth-order valence-electron chi connectivity index (χ4n) is 3.17. The number of rotatable bonds is 6. The van der Waals surface area contributed by atoms with Gasteiger partial charge in [-0.25, -0.2) is 4.98 Å². The van der Waals surface area contributed by atoms with E-state index in [1.54, 1.807) is 31.3 Å². The number of fused-ring (bicyclic) bond motifs is 3. The Hall–Kier alpha value is -1.92. The first-order chi connectivity index (χ1) is 13.1. The van der Waals surface area contributed by atoms with Gasteiger partial charge in [-0.3, -0.25) is 8.97 Å². The third-order valence-electron chi connectivity index (χ3n) is 4.36. The molecule has 0 N–H and O–H groups in total. The van der Waals surface area contributed by atoms with Gasteiger partial charge >= 0.3 is 7.60 Å². The third kappa shape index (κ3) is 3.15. The van der Waals surface area contributed by atoms with Gasteiger partial charge in [0.2, 0.25) is 0 Å². The Morgan fingerprint density at radius 1 is 1.22 bits per heavy atom. The smallest absolute Gasteiger partial charge is 0.360 e. The standard InChI is InChI=1S/C19H21N2O4PS/c1-4-24-26(22,25-5-2)14-10-11-17(23-12-14)18-13(3)21-16-9-7-6-8-15(16)20-19(21)27-18/h6-11H,4-5,12H2,1-3H3. The number of hydrogen-bond acceptors (Lipinski definition) is 6. The van der Waals surface area contributed by atoms with Crippen molar-refractivity contribution in [2.45, 2.75) is 20.8 Å². The van der Waals surface area contributed by atoms with Gasteiger partial charge in [0.1, 0.15) is 12.4 Å². The SMILES string of the molecule is CCOP(=O)(OCC)C1=CC=C(c2sc3nc4ccccc4n3c2C)OC1. The Morgan fingerprint density at radius 2 is 1.96 bits per heavy atom. The molecule has 6 nitrogen and oxygen atoms in total. The monoisotopic (exact) mass is 404 g/mol. The maximum absolute atomic E-state index is 12.9. The molecule has 0 amide bonds. The molecule has 0 atom stereocenters. The van der Waals surface area contributed by atoms with Crippen LogP contribution in [0, 0.1) is 6.92 Å². The first kappa shape index (κ1) is 18.4. The molecule has 0 unspecified atom stereocenters. The van der Waals surface area contributed by atoms with Crippen LogP contribution in [0.25, 0.3) is 21.8 Å². The van der Waals surface area contributed by atoms with Crippen molar-refractivity contribution in [1.82, 2.24) is 9.38 Å². The molecule has 0 bridgehead atoms. The number of benzene rings is 1. The van der Waals surface area contributed by atoms with E-state index in [-0.39, 0.29) is 6.61 Å². The van der Waals surface area contributed by atoms with Crippen LogP contribution < -0.4 is 0 Å². The molecule has 0 aliphatic carbocycles. The van der Waals surface area contributed by atoms with Gasteiger partial charge in [-0.2, -0.15) is 0 Å². The van der Waals surface area contributed by atoms with Crippen LogP contribution in [0.5, 0.6) is 0 Å². The molecular formula is C19H21N2O4PS. The average molecular weight is 404 g/mol. The van der Waals surface area contributed by atoms with Crippen molar-refractivity contribution in [3.05, 3.63) is 52.3 Å². The molecule has 3 heterocycles. The van der Waals surface area contributed by atoms with E-state index in [9.17, 15) is 4.57 Å². The van der Waals surface area contributed by atoms with Crippen molar-refractivity contribution in [3.8, 4) is 0 Å². The predicted molar refractivity (Wildman–Crippen MR) is 108 cm³/mol. The summed E-state index contributed by atoms with van der Waals surface area (Å²) >= 11 is 1.58. The number of aryl methyl sites for hydroxylation is 1. The Morgan fingerprint density at radius 3 is 2.63 bits per heavy atom. The second kappa shape index (κ2) is 7.24. The molecule has 142 valence electrons. The first-order valence-corrected chi connectivity index (χ1v) is 11.2.